The van der Waals surface area contributed by atoms with E-state index in [-0.39, 0.29) is 30.8 Å². The molecular formula is C20H21NO4. The summed E-state index contributed by atoms with van der Waals surface area (Å²) < 4.78 is 11.1. The van der Waals surface area contributed by atoms with Gasteiger partial charge in [0.2, 0.25) is 0 Å². The molecule has 130 valence electrons. The number of carbonyl (C=O) groups is 1. The summed E-state index contributed by atoms with van der Waals surface area (Å²) in [6.45, 7) is 2.69. The standard InChI is InChI=1S/C20H21NO4/c1-12-4-2-3-5-15(12)13-6-8-14(9-7-13)20(23)21-16-10-24-19-17(22)11-25-18(16)19/h2-9,16-19,22H,10-11H2,1H3,(H,21,23)/t16-,17+,18+,19+/m0/s1. The summed E-state index contributed by atoms with van der Waals surface area (Å²) in [6.07, 6.45) is -1.22. The summed E-state index contributed by atoms with van der Waals surface area (Å²) in [5, 5.41) is 12.7. The van der Waals surface area contributed by atoms with Crippen LogP contribution in [-0.4, -0.2) is 48.6 Å². The van der Waals surface area contributed by atoms with Gasteiger partial charge in [-0.05, 0) is 35.7 Å². The first kappa shape index (κ1) is 16.3. The Bertz CT molecular complexity index is 774. The average molecular weight is 339 g/mol. The van der Waals surface area contributed by atoms with E-state index in [9.17, 15) is 9.90 Å². The maximum Gasteiger partial charge on any atom is 0.251 e. The number of nitrogens with one attached hydrogen (secondary N) is 1. The number of amides is 1. The number of benzene rings is 2. The van der Waals surface area contributed by atoms with Crippen LogP contribution >= 0.6 is 0 Å². The summed E-state index contributed by atoms with van der Waals surface area (Å²) in [7, 11) is 0. The van der Waals surface area contributed by atoms with Crippen molar-refractivity contribution in [2.75, 3.05) is 13.2 Å². The van der Waals surface area contributed by atoms with Crippen LogP contribution in [0.25, 0.3) is 11.1 Å². The molecule has 5 heteroatoms. The number of rotatable bonds is 3. The zero-order valence-electron chi connectivity index (χ0n) is 14.0. The quantitative estimate of drug-likeness (QED) is 0.896. The van der Waals surface area contributed by atoms with Gasteiger partial charge in [0.25, 0.3) is 5.91 Å². The van der Waals surface area contributed by atoms with Crippen molar-refractivity contribution in [3.8, 4) is 11.1 Å². The zero-order valence-corrected chi connectivity index (χ0v) is 14.0. The minimum atomic E-state index is -0.611. The van der Waals surface area contributed by atoms with E-state index in [0.717, 1.165) is 11.1 Å². The summed E-state index contributed by atoms with van der Waals surface area (Å²) in [6, 6.07) is 15.5. The van der Waals surface area contributed by atoms with E-state index >= 15 is 0 Å². The first-order valence-electron chi connectivity index (χ1n) is 8.51. The molecule has 0 aliphatic carbocycles. The molecule has 0 aromatic heterocycles. The minimum Gasteiger partial charge on any atom is -0.388 e. The van der Waals surface area contributed by atoms with Crippen LogP contribution in [0.15, 0.2) is 48.5 Å². The SMILES string of the molecule is Cc1ccccc1-c1ccc(C(=O)N[C@H]2CO[C@H]3[C@@H]2OC[C@H]3O)cc1. The largest absolute Gasteiger partial charge is 0.388 e. The molecule has 2 aliphatic heterocycles. The van der Waals surface area contributed by atoms with Gasteiger partial charge in [-0.15, -0.1) is 0 Å². The first-order chi connectivity index (χ1) is 12.1. The number of hydrogen-bond acceptors (Lipinski definition) is 4. The molecule has 4 atom stereocenters. The van der Waals surface area contributed by atoms with Crippen LogP contribution in [0.5, 0.6) is 0 Å². The van der Waals surface area contributed by atoms with Gasteiger partial charge in [0, 0.05) is 5.56 Å². The number of aliphatic hydroxyl groups is 1. The highest BCUT2D eigenvalue weighted by Crippen LogP contribution is 2.27. The normalized spacial score (nSPS) is 27.9. The highest BCUT2D eigenvalue weighted by atomic mass is 16.6. The van der Waals surface area contributed by atoms with Crippen molar-refractivity contribution < 1.29 is 19.4 Å². The van der Waals surface area contributed by atoms with Crippen LogP contribution in [0, 0.1) is 6.92 Å². The van der Waals surface area contributed by atoms with E-state index in [2.05, 4.69) is 24.4 Å². The van der Waals surface area contributed by atoms with Crippen molar-refractivity contribution in [1.29, 1.82) is 0 Å². The third-order valence-electron chi connectivity index (χ3n) is 4.95. The summed E-state index contributed by atoms with van der Waals surface area (Å²) in [4.78, 5) is 12.5. The Labute approximate surface area is 146 Å². The van der Waals surface area contributed by atoms with Gasteiger partial charge in [0.05, 0.1) is 19.3 Å². The predicted molar refractivity (Wildman–Crippen MR) is 93.4 cm³/mol. The Hall–Kier alpha value is -2.21. The number of carbonyl (C=O) groups excluding carboxylic acids is 1. The molecule has 25 heavy (non-hydrogen) atoms. The van der Waals surface area contributed by atoms with Crippen molar-refractivity contribution in [2.24, 2.45) is 0 Å². The van der Waals surface area contributed by atoms with E-state index in [1.807, 2.05) is 36.4 Å². The van der Waals surface area contributed by atoms with Gasteiger partial charge in [0.1, 0.15) is 18.3 Å². The highest BCUT2D eigenvalue weighted by molar-refractivity contribution is 5.95. The van der Waals surface area contributed by atoms with Crippen LogP contribution in [0.4, 0.5) is 0 Å². The molecule has 2 heterocycles. The van der Waals surface area contributed by atoms with Crippen LogP contribution in [0.1, 0.15) is 15.9 Å². The number of aryl methyl sites for hydroxylation is 1. The summed E-state index contributed by atoms with van der Waals surface area (Å²) >= 11 is 0. The van der Waals surface area contributed by atoms with Crippen LogP contribution < -0.4 is 5.32 Å². The fourth-order valence-corrected chi connectivity index (χ4v) is 3.55. The second-order valence-electron chi connectivity index (χ2n) is 6.64. The lowest BCUT2D eigenvalue weighted by atomic mass is 9.99. The van der Waals surface area contributed by atoms with E-state index < -0.39 is 6.10 Å². The zero-order chi connectivity index (χ0) is 17.4. The predicted octanol–water partition coefficient (Wildman–Crippen LogP) is 1.92. The molecule has 5 nitrogen and oxygen atoms in total. The van der Waals surface area contributed by atoms with Gasteiger partial charge in [-0.1, -0.05) is 36.4 Å². The summed E-state index contributed by atoms with van der Waals surface area (Å²) in [5.41, 5.74) is 4.04. The third-order valence-corrected chi connectivity index (χ3v) is 4.95. The maximum absolute atomic E-state index is 12.5. The van der Waals surface area contributed by atoms with Crippen LogP contribution in [0.3, 0.4) is 0 Å². The Morgan fingerprint density at radius 1 is 1.04 bits per heavy atom. The highest BCUT2D eigenvalue weighted by Gasteiger charge is 2.47. The second-order valence-corrected chi connectivity index (χ2v) is 6.64. The minimum absolute atomic E-state index is 0.157. The van der Waals surface area contributed by atoms with Crippen molar-refractivity contribution in [3.63, 3.8) is 0 Å². The molecule has 0 radical (unpaired) electrons. The Morgan fingerprint density at radius 3 is 2.52 bits per heavy atom. The molecule has 0 unspecified atom stereocenters. The van der Waals surface area contributed by atoms with Gasteiger partial charge in [-0.25, -0.2) is 0 Å². The van der Waals surface area contributed by atoms with Crippen LogP contribution in [-0.2, 0) is 9.47 Å². The molecule has 2 aromatic carbocycles. The second kappa shape index (κ2) is 6.59. The molecule has 2 saturated heterocycles. The lowest BCUT2D eigenvalue weighted by Gasteiger charge is -2.17. The molecule has 1 amide bonds. The number of hydrogen-bond donors (Lipinski definition) is 2. The topological polar surface area (TPSA) is 67.8 Å². The molecule has 4 rings (SSSR count). The molecule has 2 fully saturated rings. The average Bonchev–Trinajstić information content (AvgIpc) is 3.19. The summed E-state index contributed by atoms with van der Waals surface area (Å²) in [5.74, 6) is -0.157. The van der Waals surface area contributed by atoms with Crippen molar-refractivity contribution in [1.82, 2.24) is 5.32 Å². The Kier molecular flexibility index (Phi) is 4.29. The smallest absolute Gasteiger partial charge is 0.251 e. The molecule has 2 aliphatic rings. The van der Waals surface area contributed by atoms with Gasteiger partial charge < -0.3 is 19.9 Å². The molecule has 0 saturated carbocycles. The lowest BCUT2D eigenvalue weighted by Crippen LogP contribution is -2.44. The first-order valence-corrected chi connectivity index (χ1v) is 8.51. The molecule has 0 spiro atoms. The molecule has 2 N–H and O–H groups in total. The lowest BCUT2D eigenvalue weighted by molar-refractivity contribution is 0.0178. The van der Waals surface area contributed by atoms with E-state index in [0.29, 0.717) is 12.2 Å². The monoisotopic (exact) mass is 339 g/mol. The van der Waals surface area contributed by atoms with Gasteiger partial charge in [-0.2, -0.15) is 0 Å². The van der Waals surface area contributed by atoms with E-state index in [4.69, 9.17) is 9.47 Å². The fraction of sp³-hybridized carbons (Fsp3) is 0.350. The van der Waals surface area contributed by atoms with Crippen molar-refractivity contribution in [2.45, 2.75) is 31.3 Å². The van der Waals surface area contributed by atoms with Gasteiger partial charge in [-0.3, -0.25) is 4.79 Å². The van der Waals surface area contributed by atoms with Crippen LogP contribution in [0.2, 0.25) is 0 Å². The van der Waals surface area contributed by atoms with E-state index in [1.165, 1.54) is 5.56 Å². The number of ether oxygens (including phenoxy) is 2. The van der Waals surface area contributed by atoms with E-state index in [1.54, 1.807) is 0 Å². The number of fused-ring (bicyclic) bond motifs is 1. The third kappa shape index (κ3) is 3.06. The fourth-order valence-electron chi connectivity index (χ4n) is 3.55. The van der Waals surface area contributed by atoms with Gasteiger partial charge >= 0.3 is 0 Å². The maximum atomic E-state index is 12.5. The number of aliphatic hydroxyl groups excluding tert-OH is 1. The Morgan fingerprint density at radius 2 is 1.76 bits per heavy atom. The van der Waals surface area contributed by atoms with Crippen molar-refractivity contribution >= 4 is 5.91 Å². The molecular weight excluding hydrogens is 318 g/mol. The molecule has 0 bridgehead atoms. The van der Waals surface area contributed by atoms with Crippen molar-refractivity contribution in [3.05, 3.63) is 59.7 Å². The molecule has 2 aromatic rings. The Balaban J connectivity index is 1.46. The van der Waals surface area contributed by atoms with Gasteiger partial charge in [0.15, 0.2) is 0 Å².